The zero-order valence-electron chi connectivity index (χ0n) is 10.4. The van der Waals surface area contributed by atoms with Crippen LogP contribution < -0.4 is 11.1 Å². The molecule has 2 aromatic carbocycles. The van der Waals surface area contributed by atoms with E-state index in [0.29, 0.717) is 16.3 Å². The van der Waals surface area contributed by atoms with Gasteiger partial charge in [0.15, 0.2) is 0 Å². The van der Waals surface area contributed by atoms with Gasteiger partial charge in [-0.3, -0.25) is 9.89 Å². The van der Waals surface area contributed by atoms with Crippen LogP contribution in [0.3, 0.4) is 0 Å². The molecule has 0 spiro atoms. The molecule has 0 atom stereocenters. The number of fused-ring (bicyclic) bond motifs is 1. The van der Waals surface area contributed by atoms with Gasteiger partial charge in [-0.05, 0) is 36.4 Å². The van der Waals surface area contributed by atoms with E-state index in [1.54, 1.807) is 24.4 Å². The van der Waals surface area contributed by atoms with Crippen molar-refractivity contribution in [3.05, 3.63) is 53.2 Å². The van der Waals surface area contributed by atoms with Gasteiger partial charge in [0.25, 0.3) is 5.91 Å². The molecule has 100 valence electrons. The lowest BCUT2D eigenvalue weighted by molar-refractivity contribution is 0.100. The number of H-pyrrole nitrogens is 1. The van der Waals surface area contributed by atoms with E-state index in [-0.39, 0.29) is 0 Å². The predicted octanol–water partition coefficient (Wildman–Crippen LogP) is 3.06. The van der Waals surface area contributed by atoms with Crippen LogP contribution in [-0.4, -0.2) is 16.1 Å². The fourth-order valence-corrected chi connectivity index (χ4v) is 2.18. The molecule has 0 aliphatic rings. The average molecular weight is 287 g/mol. The second kappa shape index (κ2) is 4.86. The summed E-state index contributed by atoms with van der Waals surface area (Å²) in [6.07, 6.45) is 1.73. The largest absolute Gasteiger partial charge is 0.366 e. The summed E-state index contributed by atoms with van der Waals surface area (Å²) in [7, 11) is 0. The summed E-state index contributed by atoms with van der Waals surface area (Å²) in [4.78, 5) is 11.4. The number of amides is 1. The number of carbonyl (C=O) groups excluding carboxylic acids is 1. The summed E-state index contributed by atoms with van der Waals surface area (Å²) < 4.78 is 0. The van der Waals surface area contributed by atoms with Gasteiger partial charge >= 0.3 is 0 Å². The number of nitrogens with zero attached hydrogens (tertiary/aromatic N) is 1. The van der Waals surface area contributed by atoms with E-state index in [0.717, 1.165) is 16.6 Å². The van der Waals surface area contributed by atoms with Crippen molar-refractivity contribution in [2.75, 3.05) is 5.32 Å². The second-order valence-electron chi connectivity index (χ2n) is 4.35. The van der Waals surface area contributed by atoms with Crippen molar-refractivity contribution >= 4 is 39.8 Å². The van der Waals surface area contributed by atoms with Gasteiger partial charge in [0.2, 0.25) is 0 Å². The minimum atomic E-state index is -0.528. The number of carbonyl (C=O) groups is 1. The number of nitrogens with two attached hydrogens (primary N) is 1. The van der Waals surface area contributed by atoms with Gasteiger partial charge in [-0.15, -0.1) is 0 Å². The van der Waals surface area contributed by atoms with Gasteiger partial charge in [0.1, 0.15) is 0 Å². The molecule has 0 saturated carbocycles. The molecule has 4 N–H and O–H groups in total. The molecule has 1 heterocycles. The highest BCUT2D eigenvalue weighted by atomic mass is 35.5. The Balaban J connectivity index is 1.99. The first-order chi connectivity index (χ1) is 9.63. The first kappa shape index (κ1) is 12.5. The molecule has 1 amide bonds. The van der Waals surface area contributed by atoms with Crippen LogP contribution in [0.4, 0.5) is 11.4 Å². The fraction of sp³-hybridized carbons (Fsp3) is 0. The average Bonchev–Trinajstić information content (AvgIpc) is 2.88. The molecule has 0 radical (unpaired) electrons. The van der Waals surface area contributed by atoms with Gasteiger partial charge in [-0.25, -0.2) is 0 Å². The highest BCUT2D eigenvalue weighted by molar-refractivity contribution is 6.31. The van der Waals surface area contributed by atoms with E-state index >= 15 is 0 Å². The molecular formula is C14H11ClN4O. The standard InChI is InChI=1S/C14H11ClN4O/c15-9-1-3-13(11(6-9)14(16)20)18-10-2-4-12-8(5-10)7-17-19-12/h1-7,18H,(H2,16,20)(H,17,19). The number of rotatable bonds is 3. The lowest BCUT2D eigenvalue weighted by Crippen LogP contribution is -2.13. The number of benzene rings is 2. The van der Waals surface area contributed by atoms with Crippen molar-refractivity contribution in [1.29, 1.82) is 0 Å². The molecule has 0 aliphatic carbocycles. The number of halogens is 1. The Morgan fingerprint density at radius 3 is 2.90 bits per heavy atom. The number of hydrogen-bond donors (Lipinski definition) is 3. The summed E-state index contributed by atoms with van der Waals surface area (Å²) in [5.41, 5.74) is 8.11. The molecule has 0 aliphatic heterocycles. The van der Waals surface area contributed by atoms with Crippen LogP contribution in [0.5, 0.6) is 0 Å². The van der Waals surface area contributed by atoms with Gasteiger partial charge in [-0.2, -0.15) is 5.10 Å². The van der Waals surface area contributed by atoms with E-state index in [1.165, 1.54) is 0 Å². The number of nitrogens with one attached hydrogen (secondary N) is 2. The fourth-order valence-electron chi connectivity index (χ4n) is 2.01. The van der Waals surface area contributed by atoms with E-state index in [9.17, 15) is 4.79 Å². The molecule has 0 bridgehead atoms. The first-order valence-corrected chi connectivity index (χ1v) is 6.31. The topological polar surface area (TPSA) is 83.8 Å². The molecule has 1 aromatic heterocycles. The van der Waals surface area contributed by atoms with E-state index in [4.69, 9.17) is 17.3 Å². The minimum absolute atomic E-state index is 0.352. The Bertz CT molecular complexity index is 797. The van der Waals surface area contributed by atoms with Crippen LogP contribution in [0.1, 0.15) is 10.4 Å². The third-order valence-electron chi connectivity index (χ3n) is 2.97. The maximum atomic E-state index is 11.4. The van der Waals surface area contributed by atoms with Crippen molar-refractivity contribution in [2.45, 2.75) is 0 Å². The lowest BCUT2D eigenvalue weighted by Gasteiger charge is -2.10. The normalized spacial score (nSPS) is 10.7. The number of aromatic nitrogens is 2. The third-order valence-corrected chi connectivity index (χ3v) is 3.20. The zero-order valence-corrected chi connectivity index (χ0v) is 11.1. The summed E-state index contributed by atoms with van der Waals surface area (Å²) in [5, 5.41) is 11.4. The molecule has 0 saturated heterocycles. The van der Waals surface area contributed by atoms with Crippen LogP contribution >= 0.6 is 11.6 Å². The maximum Gasteiger partial charge on any atom is 0.250 e. The van der Waals surface area contributed by atoms with E-state index in [2.05, 4.69) is 15.5 Å². The predicted molar refractivity (Wildman–Crippen MR) is 79.3 cm³/mol. The van der Waals surface area contributed by atoms with Crippen LogP contribution in [0.25, 0.3) is 10.9 Å². The third kappa shape index (κ3) is 2.31. The summed E-state index contributed by atoms with van der Waals surface area (Å²) in [6, 6.07) is 10.7. The van der Waals surface area contributed by atoms with E-state index in [1.807, 2.05) is 18.2 Å². The summed E-state index contributed by atoms with van der Waals surface area (Å²) >= 11 is 5.88. The molecule has 0 unspecified atom stereocenters. The molecule has 20 heavy (non-hydrogen) atoms. The van der Waals surface area contributed by atoms with Crippen molar-refractivity contribution in [3.8, 4) is 0 Å². The Labute approximate surface area is 119 Å². The number of hydrogen-bond acceptors (Lipinski definition) is 3. The molecule has 6 heteroatoms. The number of primary amides is 1. The number of anilines is 2. The van der Waals surface area contributed by atoms with Crippen molar-refractivity contribution in [3.63, 3.8) is 0 Å². The van der Waals surface area contributed by atoms with Crippen LogP contribution in [0, 0.1) is 0 Å². The van der Waals surface area contributed by atoms with Crippen molar-refractivity contribution in [1.82, 2.24) is 10.2 Å². The van der Waals surface area contributed by atoms with Crippen LogP contribution in [0.2, 0.25) is 5.02 Å². The van der Waals surface area contributed by atoms with Gasteiger partial charge in [0, 0.05) is 16.1 Å². The van der Waals surface area contributed by atoms with Gasteiger partial charge in [0.05, 0.1) is 23.0 Å². The first-order valence-electron chi connectivity index (χ1n) is 5.93. The summed E-state index contributed by atoms with van der Waals surface area (Å²) in [6.45, 7) is 0. The Kier molecular flexibility index (Phi) is 3.04. The molecule has 3 aromatic rings. The second-order valence-corrected chi connectivity index (χ2v) is 4.79. The Morgan fingerprint density at radius 2 is 2.10 bits per heavy atom. The van der Waals surface area contributed by atoms with Gasteiger partial charge < -0.3 is 11.1 Å². The van der Waals surface area contributed by atoms with E-state index < -0.39 is 5.91 Å². The maximum absolute atomic E-state index is 11.4. The quantitative estimate of drug-likeness (QED) is 0.692. The van der Waals surface area contributed by atoms with Crippen molar-refractivity contribution < 1.29 is 4.79 Å². The Morgan fingerprint density at radius 1 is 1.25 bits per heavy atom. The Hall–Kier alpha value is -2.53. The minimum Gasteiger partial charge on any atom is -0.366 e. The molecule has 0 fully saturated rings. The smallest absolute Gasteiger partial charge is 0.250 e. The molecule has 3 rings (SSSR count). The van der Waals surface area contributed by atoms with Crippen LogP contribution in [0.15, 0.2) is 42.6 Å². The SMILES string of the molecule is NC(=O)c1cc(Cl)ccc1Nc1ccc2[nH]ncc2c1. The highest BCUT2D eigenvalue weighted by Crippen LogP contribution is 2.25. The molecule has 5 nitrogen and oxygen atoms in total. The number of aromatic amines is 1. The lowest BCUT2D eigenvalue weighted by atomic mass is 10.1. The monoisotopic (exact) mass is 286 g/mol. The highest BCUT2D eigenvalue weighted by Gasteiger charge is 2.09. The van der Waals surface area contributed by atoms with Crippen molar-refractivity contribution in [2.24, 2.45) is 5.73 Å². The van der Waals surface area contributed by atoms with Crippen LogP contribution in [-0.2, 0) is 0 Å². The molecular weight excluding hydrogens is 276 g/mol. The summed E-state index contributed by atoms with van der Waals surface area (Å²) in [5.74, 6) is -0.528. The zero-order chi connectivity index (χ0) is 14.1. The van der Waals surface area contributed by atoms with Gasteiger partial charge in [-0.1, -0.05) is 11.6 Å².